The summed E-state index contributed by atoms with van der Waals surface area (Å²) < 4.78 is 12.6. The maximum atomic E-state index is 10.6. The standard InChI is InChI=1S/C33H37N3O3/c1-3-5-10-21(4-2)20-38-33-35-31(34-32(36-33)25-13-8-9-14-28(25)37)24-15-16-29-26(18-24)27-17-22-11-6-7-12-23(22)19-30(27)39-29/h6-7,9,11-12,14-16,18-19,21-22,33,37H,3-5,8,10,13,17,20H2,1-2H3,(H,34,35,36). The summed E-state index contributed by atoms with van der Waals surface area (Å²) >= 11 is 0. The molecule has 39 heavy (non-hydrogen) atoms. The van der Waals surface area contributed by atoms with Gasteiger partial charge in [-0.1, -0.05) is 63.5 Å². The molecule has 3 atom stereocenters. The van der Waals surface area contributed by atoms with E-state index in [1.807, 2.05) is 18.2 Å². The van der Waals surface area contributed by atoms with Crippen molar-refractivity contribution >= 4 is 28.7 Å². The summed E-state index contributed by atoms with van der Waals surface area (Å²) in [5, 5.41) is 15.1. The van der Waals surface area contributed by atoms with Crippen molar-refractivity contribution in [1.82, 2.24) is 5.32 Å². The van der Waals surface area contributed by atoms with Crippen LogP contribution in [0.5, 0.6) is 0 Å². The fourth-order valence-corrected chi connectivity index (χ4v) is 5.76. The number of aliphatic hydroxyl groups is 1. The lowest BCUT2D eigenvalue weighted by atomic mass is 9.83. The number of benzene rings is 1. The Morgan fingerprint density at radius 2 is 2.13 bits per heavy atom. The van der Waals surface area contributed by atoms with E-state index in [4.69, 9.17) is 19.1 Å². The molecule has 2 aromatic rings. The van der Waals surface area contributed by atoms with Crippen molar-refractivity contribution in [3.8, 4) is 0 Å². The van der Waals surface area contributed by atoms with Gasteiger partial charge in [-0.15, -0.1) is 0 Å². The Hall–Kier alpha value is -3.64. The second kappa shape index (κ2) is 11.2. The minimum Gasteiger partial charge on any atom is -0.508 e. The molecule has 6 heteroatoms. The minimum atomic E-state index is -0.562. The maximum absolute atomic E-state index is 10.6. The van der Waals surface area contributed by atoms with E-state index in [-0.39, 0.29) is 5.76 Å². The molecule has 1 aromatic carbocycles. The molecule has 0 saturated heterocycles. The Morgan fingerprint density at radius 3 is 2.97 bits per heavy atom. The molecule has 202 valence electrons. The Labute approximate surface area is 230 Å². The van der Waals surface area contributed by atoms with Crippen LogP contribution in [0.15, 0.2) is 86.0 Å². The van der Waals surface area contributed by atoms with Crippen LogP contribution < -0.4 is 5.32 Å². The number of nitrogens with zero attached hydrogens (tertiary/aromatic N) is 2. The van der Waals surface area contributed by atoms with Gasteiger partial charge in [0.1, 0.15) is 22.9 Å². The molecule has 0 saturated carbocycles. The highest BCUT2D eigenvalue weighted by atomic mass is 16.5. The van der Waals surface area contributed by atoms with Crippen LogP contribution in [0.25, 0.3) is 17.0 Å². The van der Waals surface area contributed by atoms with Crippen LogP contribution in [-0.4, -0.2) is 29.7 Å². The predicted octanol–water partition coefficient (Wildman–Crippen LogP) is 7.54. The van der Waals surface area contributed by atoms with Gasteiger partial charge in [-0.05, 0) is 67.5 Å². The molecule has 2 heterocycles. The molecule has 0 radical (unpaired) electrons. The first-order valence-electron chi connectivity index (χ1n) is 14.4. The SMILES string of the molecule is CCCCC(CC)COC1N=C(C2=C(O)C=CCC2)N=C(c2ccc3oc4c(c3c2)CC2C=CC=CC2=C4)N1. The van der Waals surface area contributed by atoms with Crippen LogP contribution in [0.2, 0.25) is 0 Å². The van der Waals surface area contributed by atoms with Gasteiger partial charge in [0, 0.05) is 28.0 Å². The molecule has 3 unspecified atom stereocenters. The number of aliphatic hydroxyl groups excluding tert-OH is 1. The summed E-state index contributed by atoms with van der Waals surface area (Å²) in [5.41, 5.74) is 5.12. The zero-order chi connectivity index (χ0) is 26.8. The van der Waals surface area contributed by atoms with Crippen LogP contribution >= 0.6 is 0 Å². The molecular weight excluding hydrogens is 486 g/mol. The third-order valence-corrected chi connectivity index (χ3v) is 8.15. The number of hydrogen-bond acceptors (Lipinski definition) is 6. The number of rotatable bonds is 9. The first kappa shape index (κ1) is 25.6. The number of nitrogens with one attached hydrogen (secondary N) is 1. The van der Waals surface area contributed by atoms with Crippen molar-refractivity contribution < 1.29 is 14.3 Å². The molecule has 6 rings (SSSR count). The van der Waals surface area contributed by atoms with Crippen LogP contribution in [0.1, 0.15) is 69.3 Å². The number of ether oxygens (including phenoxy) is 1. The summed E-state index contributed by atoms with van der Waals surface area (Å²) in [7, 11) is 0. The number of fused-ring (bicyclic) bond motifs is 4. The second-order valence-electron chi connectivity index (χ2n) is 10.8. The third-order valence-electron chi connectivity index (χ3n) is 8.15. The van der Waals surface area contributed by atoms with Crippen molar-refractivity contribution in [2.45, 2.75) is 65.1 Å². The van der Waals surface area contributed by atoms with Gasteiger partial charge in [0.05, 0.1) is 6.61 Å². The zero-order valence-corrected chi connectivity index (χ0v) is 22.8. The summed E-state index contributed by atoms with van der Waals surface area (Å²) in [6.07, 6.45) is 21.0. The Balaban J connectivity index is 1.32. The van der Waals surface area contributed by atoms with Gasteiger partial charge in [0.2, 0.25) is 6.35 Å². The monoisotopic (exact) mass is 523 g/mol. The van der Waals surface area contributed by atoms with Gasteiger partial charge in [-0.2, -0.15) is 0 Å². The lowest BCUT2D eigenvalue weighted by Gasteiger charge is -2.26. The summed E-state index contributed by atoms with van der Waals surface area (Å²) in [4.78, 5) is 9.69. The van der Waals surface area contributed by atoms with E-state index in [0.29, 0.717) is 36.5 Å². The van der Waals surface area contributed by atoms with Crippen LogP contribution in [0.4, 0.5) is 0 Å². The number of amidine groups is 2. The van der Waals surface area contributed by atoms with Crippen molar-refractivity contribution in [2.75, 3.05) is 6.61 Å². The lowest BCUT2D eigenvalue weighted by molar-refractivity contribution is 0.0218. The van der Waals surface area contributed by atoms with Crippen molar-refractivity contribution in [3.63, 3.8) is 0 Å². The normalized spacial score (nSPS) is 22.7. The van der Waals surface area contributed by atoms with E-state index >= 15 is 0 Å². The third kappa shape index (κ3) is 5.30. The number of unbranched alkanes of at least 4 members (excludes halogenated alkanes) is 1. The number of allylic oxidation sites excluding steroid dienone is 7. The predicted molar refractivity (Wildman–Crippen MR) is 158 cm³/mol. The van der Waals surface area contributed by atoms with E-state index in [2.05, 4.69) is 55.6 Å². The Kier molecular flexibility index (Phi) is 7.38. The molecule has 0 spiro atoms. The smallest absolute Gasteiger partial charge is 0.228 e. The maximum Gasteiger partial charge on any atom is 0.228 e. The van der Waals surface area contributed by atoms with Crippen molar-refractivity contribution in [1.29, 1.82) is 0 Å². The highest BCUT2D eigenvalue weighted by molar-refractivity contribution is 6.14. The van der Waals surface area contributed by atoms with Crippen LogP contribution in [0.3, 0.4) is 0 Å². The van der Waals surface area contributed by atoms with E-state index in [0.717, 1.165) is 53.5 Å². The van der Waals surface area contributed by atoms with Gasteiger partial charge < -0.3 is 19.6 Å². The summed E-state index contributed by atoms with van der Waals surface area (Å²) in [6, 6.07) is 6.23. The Bertz CT molecular complexity index is 1470. The van der Waals surface area contributed by atoms with E-state index in [1.165, 1.54) is 24.0 Å². The van der Waals surface area contributed by atoms with Gasteiger partial charge in [0.25, 0.3) is 0 Å². The molecule has 2 N–H and O–H groups in total. The second-order valence-corrected chi connectivity index (χ2v) is 10.8. The van der Waals surface area contributed by atoms with Crippen LogP contribution in [0, 0.1) is 11.8 Å². The fourth-order valence-electron chi connectivity index (χ4n) is 5.76. The van der Waals surface area contributed by atoms with Gasteiger partial charge in [-0.25, -0.2) is 9.98 Å². The molecule has 4 aliphatic rings. The average Bonchev–Trinajstić information content (AvgIpc) is 3.32. The number of hydrogen-bond donors (Lipinski definition) is 2. The minimum absolute atomic E-state index is 0.231. The average molecular weight is 524 g/mol. The largest absolute Gasteiger partial charge is 0.508 e. The highest BCUT2D eigenvalue weighted by Crippen LogP contribution is 2.38. The summed E-state index contributed by atoms with van der Waals surface area (Å²) in [5.74, 6) is 3.28. The quantitative estimate of drug-likeness (QED) is 0.356. The Morgan fingerprint density at radius 1 is 1.21 bits per heavy atom. The van der Waals surface area contributed by atoms with Gasteiger partial charge in [-0.3, -0.25) is 0 Å². The van der Waals surface area contributed by atoms with Crippen molar-refractivity contribution in [2.24, 2.45) is 21.8 Å². The van der Waals surface area contributed by atoms with E-state index in [9.17, 15) is 5.11 Å². The lowest BCUT2D eigenvalue weighted by Crippen LogP contribution is -2.41. The van der Waals surface area contributed by atoms with Gasteiger partial charge >= 0.3 is 0 Å². The molecule has 1 aromatic heterocycles. The molecular formula is C33H37N3O3. The van der Waals surface area contributed by atoms with Crippen LogP contribution in [-0.2, 0) is 11.2 Å². The molecule has 0 amide bonds. The first-order valence-corrected chi connectivity index (χ1v) is 14.4. The van der Waals surface area contributed by atoms with Gasteiger partial charge in [0.15, 0.2) is 5.84 Å². The molecule has 3 aliphatic carbocycles. The molecule has 6 nitrogen and oxygen atoms in total. The van der Waals surface area contributed by atoms with E-state index in [1.54, 1.807) is 6.08 Å². The highest BCUT2D eigenvalue weighted by Gasteiger charge is 2.27. The fraction of sp³-hybridized carbons (Fsp3) is 0.394. The molecule has 0 fully saturated rings. The summed E-state index contributed by atoms with van der Waals surface area (Å²) in [6.45, 7) is 5.07. The number of aliphatic imine (C=N–C) groups is 2. The molecule has 0 bridgehead atoms. The molecule has 1 aliphatic heterocycles. The first-order chi connectivity index (χ1) is 19.1. The number of furan rings is 1. The van der Waals surface area contributed by atoms with Crippen molar-refractivity contribution in [3.05, 3.63) is 88.4 Å². The topological polar surface area (TPSA) is 79.3 Å². The zero-order valence-electron chi connectivity index (χ0n) is 22.8. The van der Waals surface area contributed by atoms with E-state index < -0.39 is 6.35 Å².